The molecule has 20 heavy (non-hydrogen) atoms. The van der Waals surface area contributed by atoms with Crippen molar-refractivity contribution >= 4 is 11.8 Å². The van der Waals surface area contributed by atoms with Crippen molar-refractivity contribution < 1.29 is 14.3 Å². The zero-order valence-electron chi connectivity index (χ0n) is 12.2. The third-order valence-corrected chi connectivity index (χ3v) is 3.74. The second kappa shape index (κ2) is 6.07. The molecule has 2 amide bonds. The average molecular weight is 275 g/mol. The maximum absolute atomic E-state index is 12.1. The molecule has 1 aliphatic heterocycles. The lowest BCUT2D eigenvalue weighted by Crippen LogP contribution is -2.45. The summed E-state index contributed by atoms with van der Waals surface area (Å²) >= 11 is 0. The van der Waals surface area contributed by atoms with Gasteiger partial charge in [-0.25, -0.2) is 0 Å². The smallest absolute Gasteiger partial charge is 0.230 e. The topological polar surface area (TPSA) is 55.4 Å². The van der Waals surface area contributed by atoms with Crippen LogP contribution in [-0.2, 0) is 9.59 Å². The van der Waals surface area contributed by atoms with E-state index in [2.05, 4.69) is 19.2 Å². The summed E-state index contributed by atoms with van der Waals surface area (Å²) in [4.78, 5) is 23.8. The number of rotatable bonds is 4. The Bertz CT molecular complexity index is 510. The molecule has 2 rings (SSSR count). The Labute approximate surface area is 119 Å². The van der Waals surface area contributed by atoms with Gasteiger partial charge in [-0.05, 0) is 30.0 Å². The molecule has 2 atom stereocenters. The van der Waals surface area contributed by atoms with Crippen molar-refractivity contribution in [1.29, 1.82) is 0 Å². The number of carbonyl (C=O) groups is 2. The van der Waals surface area contributed by atoms with Gasteiger partial charge in [0.25, 0.3) is 0 Å². The molecule has 1 N–H and O–H groups in total. The molecule has 0 aromatic heterocycles. The van der Waals surface area contributed by atoms with Gasteiger partial charge in [0.15, 0.2) is 0 Å². The molecule has 4 heteroatoms. The van der Waals surface area contributed by atoms with Crippen LogP contribution in [0.15, 0.2) is 24.3 Å². The summed E-state index contributed by atoms with van der Waals surface area (Å²) in [6.07, 6.45) is 1.14. The third kappa shape index (κ3) is 3.18. The molecule has 0 aliphatic carbocycles. The first kappa shape index (κ1) is 14.6. The molecule has 1 aromatic rings. The van der Waals surface area contributed by atoms with Gasteiger partial charge in [0, 0.05) is 18.3 Å². The summed E-state index contributed by atoms with van der Waals surface area (Å²) in [7, 11) is 1.61. The van der Waals surface area contributed by atoms with Crippen LogP contribution in [-0.4, -0.2) is 18.9 Å². The van der Waals surface area contributed by atoms with Crippen LogP contribution < -0.4 is 10.1 Å². The minimum atomic E-state index is -0.192. The summed E-state index contributed by atoms with van der Waals surface area (Å²) in [5.74, 6) is 0.607. The lowest BCUT2D eigenvalue weighted by molar-refractivity contribution is -0.137. The number of nitrogens with one attached hydrogen (secondary N) is 1. The fourth-order valence-corrected chi connectivity index (χ4v) is 2.81. The van der Waals surface area contributed by atoms with E-state index in [0.717, 1.165) is 17.7 Å². The van der Waals surface area contributed by atoms with Crippen LogP contribution in [0.1, 0.15) is 38.2 Å². The number of benzene rings is 1. The van der Waals surface area contributed by atoms with Gasteiger partial charge in [-0.15, -0.1) is 0 Å². The molecule has 0 radical (unpaired) electrons. The highest BCUT2D eigenvalue weighted by Crippen LogP contribution is 2.36. The molecule has 4 nitrogen and oxygen atoms in total. The zero-order valence-corrected chi connectivity index (χ0v) is 12.2. The Morgan fingerprint density at radius 3 is 2.75 bits per heavy atom. The predicted molar refractivity (Wildman–Crippen MR) is 76.4 cm³/mol. The number of hydrogen-bond donors (Lipinski definition) is 1. The normalized spacial score (nSPS) is 22.8. The van der Waals surface area contributed by atoms with Crippen LogP contribution in [0.5, 0.6) is 5.75 Å². The van der Waals surface area contributed by atoms with E-state index in [0.29, 0.717) is 12.3 Å². The maximum atomic E-state index is 12.1. The molecule has 2 unspecified atom stereocenters. The standard InChI is InChI=1S/C16H21NO3/c1-10(2)7-14-13(9-15(18)17-16(14)19)11-5-4-6-12(8-11)20-3/h4-6,8,10,13-14H,7,9H2,1-3H3,(H,17,18,19). The van der Waals surface area contributed by atoms with Crippen molar-refractivity contribution in [3.05, 3.63) is 29.8 Å². The van der Waals surface area contributed by atoms with Crippen molar-refractivity contribution in [3.8, 4) is 5.75 Å². The van der Waals surface area contributed by atoms with Gasteiger partial charge < -0.3 is 4.74 Å². The van der Waals surface area contributed by atoms with Gasteiger partial charge in [-0.3, -0.25) is 14.9 Å². The van der Waals surface area contributed by atoms with Gasteiger partial charge in [0.05, 0.1) is 7.11 Å². The van der Waals surface area contributed by atoms with E-state index in [1.165, 1.54) is 0 Å². The third-order valence-electron chi connectivity index (χ3n) is 3.74. The molecule has 0 spiro atoms. The second-order valence-electron chi connectivity index (χ2n) is 5.74. The van der Waals surface area contributed by atoms with Crippen molar-refractivity contribution in [3.63, 3.8) is 0 Å². The Morgan fingerprint density at radius 2 is 2.10 bits per heavy atom. The number of amides is 2. The fourth-order valence-electron chi connectivity index (χ4n) is 2.81. The molecule has 1 fully saturated rings. The van der Waals surface area contributed by atoms with Gasteiger partial charge in [-0.1, -0.05) is 26.0 Å². The minimum absolute atomic E-state index is 0.0613. The Hall–Kier alpha value is -1.84. The van der Waals surface area contributed by atoms with E-state index in [4.69, 9.17) is 4.74 Å². The summed E-state index contributed by atoms with van der Waals surface area (Å²) in [5, 5.41) is 2.45. The van der Waals surface area contributed by atoms with E-state index in [1.807, 2.05) is 24.3 Å². The van der Waals surface area contributed by atoms with Crippen LogP contribution in [0.4, 0.5) is 0 Å². The summed E-state index contributed by atoms with van der Waals surface area (Å²) in [5.41, 5.74) is 0.998. The van der Waals surface area contributed by atoms with Crippen LogP contribution in [0.2, 0.25) is 0 Å². The highest BCUT2D eigenvalue weighted by molar-refractivity contribution is 5.99. The minimum Gasteiger partial charge on any atom is -0.497 e. The number of imide groups is 1. The molecule has 0 bridgehead atoms. The Morgan fingerprint density at radius 1 is 1.35 bits per heavy atom. The monoisotopic (exact) mass is 275 g/mol. The molecule has 108 valence electrons. The summed E-state index contributed by atoms with van der Waals surface area (Å²) in [6.45, 7) is 4.18. The first-order chi connectivity index (χ1) is 9.51. The van der Waals surface area contributed by atoms with E-state index in [-0.39, 0.29) is 23.7 Å². The van der Waals surface area contributed by atoms with Crippen LogP contribution in [0.3, 0.4) is 0 Å². The van der Waals surface area contributed by atoms with Gasteiger partial charge >= 0.3 is 0 Å². The van der Waals surface area contributed by atoms with Crippen LogP contribution in [0, 0.1) is 11.8 Å². The van der Waals surface area contributed by atoms with E-state index < -0.39 is 0 Å². The fraction of sp³-hybridized carbons (Fsp3) is 0.500. The molecule has 0 saturated carbocycles. The molecule has 1 aliphatic rings. The van der Waals surface area contributed by atoms with Gasteiger partial charge in [0.1, 0.15) is 5.75 Å². The number of methoxy groups -OCH3 is 1. The molecule has 1 aromatic carbocycles. The number of piperidine rings is 1. The van der Waals surface area contributed by atoms with Crippen molar-refractivity contribution in [1.82, 2.24) is 5.32 Å². The van der Waals surface area contributed by atoms with E-state index in [1.54, 1.807) is 7.11 Å². The SMILES string of the molecule is COc1cccc(C2CC(=O)NC(=O)C2CC(C)C)c1. The quantitative estimate of drug-likeness (QED) is 0.859. The zero-order chi connectivity index (χ0) is 14.7. The van der Waals surface area contributed by atoms with Crippen molar-refractivity contribution in [2.45, 2.75) is 32.6 Å². The lowest BCUT2D eigenvalue weighted by Gasteiger charge is -2.31. The van der Waals surface area contributed by atoms with Crippen molar-refractivity contribution in [2.75, 3.05) is 7.11 Å². The number of hydrogen-bond acceptors (Lipinski definition) is 3. The van der Waals surface area contributed by atoms with Crippen LogP contribution in [0.25, 0.3) is 0 Å². The largest absolute Gasteiger partial charge is 0.497 e. The highest BCUT2D eigenvalue weighted by Gasteiger charge is 2.37. The van der Waals surface area contributed by atoms with Crippen molar-refractivity contribution in [2.24, 2.45) is 11.8 Å². The summed E-state index contributed by atoms with van der Waals surface area (Å²) in [6, 6.07) is 7.65. The van der Waals surface area contributed by atoms with Gasteiger partial charge in [-0.2, -0.15) is 0 Å². The predicted octanol–water partition coefficient (Wildman–Crippen LogP) is 2.49. The molecular weight excluding hydrogens is 254 g/mol. The highest BCUT2D eigenvalue weighted by atomic mass is 16.5. The van der Waals surface area contributed by atoms with E-state index in [9.17, 15) is 9.59 Å². The molecule has 1 saturated heterocycles. The first-order valence-corrected chi connectivity index (χ1v) is 6.99. The maximum Gasteiger partial charge on any atom is 0.230 e. The average Bonchev–Trinajstić information content (AvgIpc) is 2.41. The molecular formula is C16H21NO3. The molecule has 1 heterocycles. The number of carbonyl (C=O) groups excluding carboxylic acids is 2. The first-order valence-electron chi connectivity index (χ1n) is 6.99. The van der Waals surface area contributed by atoms with Crippen LogP contribution >= 0.6 is 0 Å². The Balaban J connectivity index is 2.32. The number of ether oxygens (including phenoxy) is 1. The van der Waals surface area contributed by atoms with Gasteiger partial charge in [0.2, 0.25) is 11.8 Å². The Kier molecular flexibility index (Phi) is 4.42. The lowest BCUT2D eigenvalue weighted by atomic mass is 9.76. The summed E-state index contributed by atoms with van der Waals surface area (Å²) < 4.78 is 5.23. The second-order valence-corrected chi connectivity index (χ2v) is 5.74. The van der Waals surface area contributed by atoms with E-state index >= 15 is 0 Å².